The Kier molecular flexibility index (Phi) is 6.02. The molecular weight excluding hydrogens is 238 g/mol. The molecule has 0 radical (unpaired) electrons. The Labute approximate surface area is 88.6 Å². The molecule has 13 heavy (non-hydrogen) atoms. The fourth-order valence-corrected chi connectivity index (χ4v) is 1.75. The number of quaternary nitrogens is 1. The monoisotopic (exact) mass is 255 g/mol. The third-order valence-corrected chi connectivity index (χ3v) is 2.64. The number of rotatable bonds is 3. The second-order valence-electron chi connectivity index (χ2n) is 3.37. The third kappa shape index (κ3) is 3.16. The number of hydrogen-bond acceptors (Lipinski definition) is 4. The lowest BCUT2D eigenvalue weighted by atomic mass is 9.86. The predicted octanol–water partition coefficient (Wildman–Crippen LogP) is -1.19. The molecule has 0 bridgehead atoms. The van der Waals surface area contributed by atoms with Gasteiger partial charge >= 0.3 is 0 Å². The maximum absolute atomic E-state index is 11.0. The molecular formula is C7H18BrN3O2. The Bertz CT molecular complexity index is 134. The van der Waals surface area contributed by atoms with Crippen molar-refractivity contribution in [3.05, 3.63) is 5.21 Å². The van der Waals surface area contributed by atoms with Crippen molar-refractivity contribution in [2.45, 2.75) is 24.8 Å². The van der Waals surface area contributed by atoms with Crippen molar-refractivity contribution in [2.75, 3.05) is 19.6 Å². The highest BCUT2D eigenvalue weighted by Crippen LogP contribution is 2.17. The molecule has 0 aliphatic carbocycles. The van der Waals surface area contributed by atoms with Crippen LogP contribution < -0.4 is 16.3 Å². The molecule has 0 aromatic heterocycles. The zero-order valence-electron chi connectivity index (χ0n) is 7.58. The van der Waals surface area contributed by atoms with Crippen LogP contribution in [0.1, 0.15) is 19.3 Å². The van der Waals surface area contributed by atoms with Gasteiger partial charge in [0.15, 0.2) is 0 Å². The summed E-state index contributed by atoms with van der Waals surface area (Å²) in [5, 5.41) is 22.5. The minimum absolute atomic E-state index is 0. The Morgan fingerprint density at radius 2 is 2.00 bits per heavy atom. The number of nitrogens with two attached hydrogens (primary N) is 1. The predicted molar refractivity (Wildman–Crippen MR) is 54.9 cm³/mol. The zero-order valence-corrected chi connectivity index (χ0v) is 9.30. The van der Waals surface area contributed by atoms with E-state index in [2.05, 4.69) is 5.32 Å². The molecule has 1 heterocycles. The van der Waals surface area contributed by atoms with Crippen LogP contribution >= 0.6 is 17.0 Å². The van der Waals surface area contributed by atoms with Crippen molar-refractivity contribution in [2.24, 2.45) is 5.73 Å². The third-order valence-electron chi connectivity index (χ3n) is 2.64. The van der Waals surface area contributed by atoms with Gasteiger partial charge in [-0.3, -0.25) is 0 Å². The number of hydroxylamine groups is 2. The smallest absolute Gasteiger partial charge is 0.130 e. The van der Waals surface area contributed by atoms with Crippen LogP contribution in [0, 0.1) is 5.21 Å². The Morgan fingerprint density at radius 3 is 2.38 bits per heavy atom. The van der Waals surface area contributed by atoms with Crippen LogP contribution in [0.25, 0.3) is 0 Å². The van der Waals surface area contributed by atoms with Crippen LogP contribution in [0.15, 0.2) is 0 Å². The first-order valence-corrected chi connectivity index (χ1v) is 4.35. The zero-order chi connectivity index (χ0) is 9.03. The number of nitrogens with one attached hydrogen (secondary N) is 2. The fraction of sp³-hybridized carbons (Fsp3) is 1.00. The molecule has 1 unspecified atom stereocenters. The van der Waals surface area contributed by atoms with E-state index in [9.17, 15) is 5.21 Å². The first-order valence-electron chi connectivity index (χ1n) is 4.35. The van der Waals surface area contributed by atoms with E-state index in [4.69, 9.17) is 10.9 Å². The van der Waals surface area contributed by atoms with E-state index < -0.39 is 10.8 Å². The summed E-state index contributed by atoms with van der Waals surface area (Å²) in [6, 6.07) is 0. The molecule has 1 saturated heterocycles. The molecule has 0 amide bonds. The standard InChI is InChI=1S/C7H17N3O2.BrH/c8-4-1-7(10(11)12)2-5-9-6-3-7;/h9-11H,1-6,8H2;1H. The van der Waals surface area contributed by atoms with Gasteiger partial charge in [0.05, 0.1) is 0 Å². The van der Waals surface area contributed by atoms with E-state index in [-0.39, 0.29) is 17.0 Å². The summed E-state index contributed by atoms with van der Waals surface area (Å²) in [5.41, 5.74) is 4.86. The van der Waals surface area contributed by atoms with Gasteiger partial charge in [-0.15, -0.1) is 17.0 Å². The molecule has 80 valence electrons. The summed E-state index contributed by atoms with van der Waals surface area (Å²) in [6.45, 7) is 2.06. The van der Waals surface area contributed by atoms with Gasteiger partial charge in [-0.05, 0) is 6.54 Å². The maximum atomic E-state index is 11.0. The van der Waals surface area contributed by atoms with Gasteiger partial charge < -0.3 is 16.3 Å². The number of piperidine rings is 1. The molecule has 6 heteroatoms. The summed E-state index contributed by atoms with van der Waals surface area (Å²) in [5.74, 6) is 0. The van der Waals surface area contributed by atoms with Crippen molar-refractivity contribution < 1.29 is 10.4 Å². The lowest BCUT2D eigenvalue weighted by Crippen LogP contribution is -3.14. The SMILES string of the molecule is Br.NCCC1([NH+]([O-])O)CCNCC1. The molecule has 1 fully saturated rings. The van der Waals surface area contributed by atoms with E-state index in [0.29, 0.717) is 25.8 Å². The largest absolute Gasteiger partial charge is 0.600 e. The summed E-state index contributed by atoms with van der Waals surface area (Å²) in [7, 11) is 0. The van der Waals surface area contributed by atoms with Crippen molar-refractivity contribution >= 4 is 17.0 Å². The van der Waals surface area contributed by atoms with Crippen LogP contribution in [0.2, 0.25) is 0 Å². The molecule has 5 nitrogen and oxygen atoms in total. The first-order chi connectivity index (χ1) is 5.71. The molecule has 0 aromatic rings. The van der Waals surface area contributed by atoms with Gasteiger partial charge in [0.2, 0.25) is 0 Å². The van der Waals surface area contributed by atoms with Crippen LogP contribution in [0.5, 0.6) is 0 Å². The lowest BCUT2D eigenvalue weighted by molar-refractivity contribution is -1.09. The van der Waals surface area contributed by atoms with Crippen LogP contribution in [-0.4, -0.2) is 30.4 Å². The molecule has 0 spiro atoms. The van der Waals surface area contributed by atoms with E-state index in [1.807, 2.05) is 0 Å². The van der Waals surface area contributed by atoms with Crippen molar-refractivity contribution in [3.63, 3.8) is 0 Å². The lowest BCUT2D eigenvalue weighted by Gasteiger charge is -2.40. The topological polar surface area (TPSA) is 85.8 Å². The van der Waals surface area contributed by atoms with E-state index in [1.165, 1.54) is 0 Å². The summed E-state index contributed by atoms with van der Waals surface area (Å²) in [6.07, 6.45) is 2.02. The quantitative estimate of drug-likeness (QED) is 0.478. The normalized spacial score (nSPS) is 23.3. The summed E-state index contributed by atoms with van der Waals surface area (Å²) < 4.78 is 0. The van der Waals surface area contributed by atoms with E-state index in [0.717, 1.165) is 13.1 Å². The molecule has 0 saturated carbocycles. The number of halogens is 1. The van der Waals surface area contributed by atoms with Gasteiger partial charge in [0.25, 0.3) is 0 Å². The highest BCUT2D eigenvalue weighted by Gasteiger charge is 2.37. The average Bonchev–Trinajstić information content (AvgIpc) is 2.06. The van der Waals surface area contributed by atoms with Crippen LogP contribution in [0.4, 0.5) is 0 Å². The summed E-state index contributed by atoms with van der Waals surface area (Å²) in [4.78, 5) is 0. The first kappa shape index (κ1) is 13.3. The Hall–Kier alpha value is 0.280. The Balaban J connectivity index is 0.00000144. The molecule has 1 aliphatic heterocycles. The van der Waals surface area contributed by atoms with Crippen LogP contribution in [-0.2, 0) is 0 Å². The second kappa shape index (κ2) is 5.90. The molecule has 1 rings (SSSR count). The van der Waals surface area contributed by atoms with Gasteiger partial charge in [-0.25, -0.2) is 10.4 Å². The van der Waals surface area contributed by atoms with Crippen molar-refractivity contribution in [1.82, 2.24) is 5.32 Å². The van der Waals surface area contributed by atoms with Crippen molar-refractivity contribution in [1.29, 1.82) is 0 Å². The minimum Gasteiger partial charge on any atom is -0.600 e. The Morgan fingerprint density at radius 1 is 1.46 bits per heavy atom. The second-order valence-corrected chi connectivity index (χ2v) is 3.37. The molecule has 1 aliphatic rings. The molecule has 5 N–H and O–H groups in total. The summed E-state index contributed by atoms with van der Waals surface area (Å²) >= 11 is 0. The van der Waals surface area contributed by atoms with Crippen LogP contribution in [0.3, 0.4) is 0 Å². The van der Waals surface area contributed by atoms with Gasteiger partial charge in [0, 0.05) is 32.4 Å². The number of hydrogen-bond donors (Lipinski definition) is 4. The average molecular weight is 256 g/mol. The van der Waals surface area contributed by atoms with Gasteiger partial charge in [0.1, 0.15) is 5.54 Å². The molecule has 1 atom stereocenters. The van der Waals surface area contributed by atoms with Gasteiger partial charge in [-0.2, -0.15) is 0 Å². The molecule has 0 aromatic carbocycles. The highest BCUT2D eigenvalue weighted by molar-refractivity contribution is 8.93. The maximum Gasteiger partial charge on any atom is 0.130 e. The van der Waals surface area contributed by atoms with Gasteiger partial charge in [-0.1, -0.05) is 0 Å². The van der Waals surface area contributed by atoms with Crippen molar-refractivity contribution in [3.8, 4) is 0 Å². The highest BCUT2D eigenvalue weighted by atomic mass is 79.9. The van der Waals surface area contributed by atoms with E-state index >= 15 is 0 Å². The fourth-order valence-electron chi connectivity index (χ4n) is 1.75. The minimum atomic E-state index is -0.686. The van der Waals surface area contributed by atoms with E-state index in [1.54, 1.807) is 0 Å².